The topological polar surface area (TPSA) is 66.8 Å². The molecule has 1 saturated heterocycles. The molecule has 1 aromatic rings. The van der Waals surface area contributed by atoms with E-state index >= 15 is 0 Å². The Labute approximate surface area is 134 Å². The third-order valence-corrected chi connectivity index (χ3v) is 6.65. The monoisotopic (exact) mass is 377 g/mol. The second-order valence-corrected chi connectivity index (χ2v) is 7.98. The summed E-state index contributed by atoms with van der Waals surface area (Å²) in [6.45, 7) is 2.44. The molecule has 1 N–H and O–H groups in total. The van der Waals surface area contributed by atoms with Crippen LogP contribution in [0.25, 0.3) is 0 Å². The van der Waals surface area contributed by atoms with Crippen molar-refractivity contribution in [2.45, 2.75) is 37.4 Å². The largest absolute Gasteiger partial charge is 0.392 e. The highest BCUT2D eigenvalue weighted by Gasteiger charge is 2.31. The molecule has 0 aromatic heterocycles. The van der Waals surface area contributed by atoms with Crippen molar-refractivity contribution in [3.05, 3.63) is 27.7 Å². The second kappa shape index (κ2) is 6.75. The predicted octanol–water partition coefficient (Wildman–Crippen LogP) is 2.05. The van der Waals surface area contributed by atoms with Crippen LogP contribution in [0.2, 0.25) is 0 Å². The standard InChI is InChI=1S/C14H20BrNO4S/c1-10-13(15)6-11(9-17)7-14(10)21(18,19)16-5-3-4-12(8-16)20-2/h6-7,12,17H,3-5,8-9H2,1-2H3. The number of sulfonamides is 1. The van der Waals surface area contributed by atoms with Gasteiger partial charge in [-0.1, -0.05) is 15.9 Å². The quantitative estimate of drug-likeness (QED) is 0.871. The molecule has 1 aliphatic rings. The lowest BCUT2D eigenvalue weighted by atomic mass is 10.1. The van der Waals surface area contributed by atoms with Gasteiger partial charge in [0, 0.05) is 24.7 Å². The highest BCUT2D eigenvalue weighted by atomic mass is 79.9. The van der Waals surface area contributed by atoms with Crippen LogP contribution in [0.5, 0.6) is 0 Å². The van der Waals surface area contributed by atoms with Gasteiger partial charge in [0.15, 0.2) is 0 Å². The minimum atomic E-state index is -3.58. The SMILES string of the molecule is COC1CCCN(S(=O)(=O)c2cc(CO)cc(Br)c2C)C1. The summed E-state index contributed by atoms with van der Waals surface area (Å²) in [6, 6.07) is 3.29. The van der Waals surface area contributed by atoms with Crippen LogP contribution in [0.15, 0.2) is 21.5 Å². The van der Waals surface area contributed by atoms with Gasteiger partial charge in [-0.3, -0.25) is 0 Å². The van der Waals surface area contributed by atoms with Gasteiger partial charge in [-0.25, -0.2) is 8.42 Å². The fraction of sp³-hybridized carbons (Fsp3) is 0.571. The van der Waals surface area contributed by atoms with Gasteiger partial charge < -0.3 is 9.84 Å². The van der Waals surface area contributed by atoms with E-state index < -0.39 is 10.0 Å². The van der Waals surface area contributed by atoms with Crippen LogP contribution in [0, 0.1) is 6.92 Å². The summed E-state index contributed by atoms with van der Waals surface area (Å²) in [7, 11) is -1.97. The van der Waals surface area contributed by atoms with Gasteiger partial charge in [-0.15, -0.1) is 0 Å². The Morgan fingerprint density at radius 2 is 2.19 bits per heavy atom. The molecule has 1 aliphatic heterocycles. The van der Waals surface area contributed by atoms with Gasteiger partial charge >= 0.3 is 0 Å². The molecule has 1 unspecified atom stereocenters. The van der Waals surface area contributed by atoms with Crippen molar-refractivity contribution in [2.75, 3.05) is 20.2 Å². The predicted molar refractivity (Wildman–Crippen MR) is 83.6 cm³/mol. The Kier molecular flexibility index (Phi) is 5.43. The van der Waals surface area contributed by atoms with Crippen LogP contribution in [0.4, 0.5) is 0 Å². The summed E-state index contributed by atoms with van der Waals surface area (Å²) in [5.74, 6) is 0. The van der Waals surface area contributed by atoms with Gasteiger partial charge in [0.2, 0.25) is 10.0 Å². The Morgan fingerprint density at radius 1 is 1.48 bits per heavy atom. The zero-order chi connectivity index (χ0) is 15.6. The molecule has 0 radical (unpaired) electrons. The third kappa shape index (κ3) is 3.48. The van der Waals surface area contributed by atoms with Crippen molar-refractivity contribution in [1.82, 2.24) is 4.31 Å². The fourth-order valence-corrected chi connectivity index (χ4v) is 4.97. The lowest BCUT2D eigenvalue weighted by Gasteiger charge is -2.31. The fourth-order valence-electron chi connectivity index (χ4n) is 2.52. The van der Waals surface area contributed by atoms with Crippen LogP contribution in [0.3, 0.4) is 0 Å². The van der Waals surface area contributed by atoms with E-state index in [-0.39, 0.29) is 17.6 Å². The van der Waals surface area contributed by atoms with Crippen molar-refractivity contribution in [3.63, 3.8) is 0 Å². The number of hydrogen-bond acceptors (Lipinski definition) is 4. The molecule has 1 aromatic carbocycles. The lowest BCUT2D eigenvalue weighted by molar-refractivity contribution is 0.0571. The number of ether oxygens (including phenoxy) is 1. The summed E-state index contributed by atoms with van der Waals surface area (Å²) in [5, 5.41) is 9.28. The number of hydrogen-bond donors (Lipinski definition) is 1. The van der Waals surface area contributed by atoms with E-state index in [1.165, 1.54) is 4.31 Å². The van der Waals surface area contributed by atoms with Crippen LogP contribution in [-0.2, 0) is 21.4 Å². The zero-order valence-corrected chi connectivity index (χ0v) is 14.6. The highest BCUT2D eigenvalue weighted by molar-refractivity contribution is 9.10. The van der Waals surface area contributed by atoms with E-state index in [2.05, 4.69) is 15.9 Å². The van der Waals surface area contributed by atoms with E-state index in [0.717, 1.165) is 12.8 Å². The zero-order valence-electron chi connectivity index (χ0n) is 12.2. The summed E-state index contributed by atoms with van der Waals surface area (Å²) in [5.41, 5.74) is 1.23. The summed E-state index contributed by atoms with van der Waals surface area (Å²) in [4.78, 5) is 0.248. The Balaban J connectivity index is 2.41. The number of methoxy groups -OCH3 is 1. The Bertz CT molecular complexity index is 618. The molecule has 1 fully saturated rings. The lowest BCUT2D eigenvalue weighted by Crippen LogP contribution is -2.43. The maximum absolute atomic E-state index is 12.9. The average molecular weight is 378 g/mol. The first-order chi connectivity index (χ1) is 9.90. The molecular weight excluding hydrogens is 358 g/mol. The van der Waals surface area contributed by atoms with E-state index in [9.17, 15) is 13.5 Å². The molecule has 0 aliphatic carbocycles. The molecule has 7 heteroatoms. The summed E-state index contributed by atoms with van der Waals surface area (Å²) in [6.07, 6.45) is 1.61. The molecule has 2 rings (SSSR count). The van der Waals surface area contributed by atoms with Crippen molar-refractivity contribution in [3.8, 4) is 0 Å². The van der Waals surface area contributed by atoms with Gasteiger partial charge in [0.05, 0.1) is 17.6 Å². The average Bonchev–Trinajstić information content (AvgIpc) is 2.49. The molecule has 0 saturated carbocycles. The molecule has 5 nitrogen and oxygen atoms in total. The number of aliphatic hydroxyl groups is 1. The second-order valence-electron chi connectivity index (χ2n) is 5.22. The highest BCUT2D eigenvalue weighted by Crippen LogP contribution is 2.29. The van der Waals surface area contributed by atoms with Crippen molar-refractivity contribution >= 4 is 26.0 Å². The van der Waals surface area contributed by atoms with Crippen molar-refractivity contribution < 1.29 is 18.3 Å². The number of nitrogens with zero attached hydrogens (tertiary/aromatic N) is 1. The third-order valence-electron chi connectivity index (χ3n) is 3.83. The van der Waals surface area contributed by atoms with E-state index in [1.807, 2.05) is 0 Å². The number of benzene rings is 1. The molecule has 1 heterocycles. The maximum atomic E-state index is 12.9. The van der Waals surface area contributed by atoms with Crippen molar-refractivity contribution in [2.24, 2.45) is 0 Å². The molecule has 0 spiro atoms. The first kappa shape index (κ1) is 16.9. The smallest absolute Gasteiger partial charge is 0.243 e. The number of rotatable bonds is 4. The first-order valence-corrected chi connectivity index (χ1v) is 9.06. The van der Waals surface area contributed by atoms with Crippen LogP contribution in [-0.4, -0.2) is 44.1 Å². The number of halogens is 1. The molecule has 0 amide bonds. The minimum Gasteiger partial charge on any atom is -0.392 e. The Morgan fingerprint density at radius 3 is 2.81 bits per heavy atom. The molecule has 0 bridgehead atoms. The first-order valence-electron chi connectivity index (χ1n) is 6.83. The molecule has 118 valence electrons. The minimum absolute atomic E-state index is 0.0571. The van der Waals surface area contributed by atoms with Crippen LogP contribution in [0.1, 0.15) is 24.0 Å². The van der Waals surface area contributed by atoms with E-state index in [0.29, 0.717) is 28.7 Å². The van der Waals surface area contributed by atoms with Crippen LogP contribution < -0.4 is 0 Å². The van der Waals surface area contributed by atoms with Crippen LogP contribution >= 0.6 is 15.9 Å². The summed E-state index contributed by atoms with van der Waals surface area (Å²) >= 11 is 3.36. The Hall–Kier alpha value is -0.470. The molecule has 1 atom stereocenters. The maximum Gasteiger partial charge on any atom is 0.243 e. The molecular formula is C14H20BrNO4S. The van der Waals surface area contributed by atoms with Gasteiger partial charge in [-0.05, 0) is 43.0 Å². The van der Waals surface area contributed by atoms with Gasteiger partial charge in [0.1, 0.15) is 0 Å². The normalized spacial score (nSPS) is 20.7. The van der Waals surface area contributed by atoms with E-state index in [4.69, 9.17) is 4.74 Å². The van der Waals surface area contributed by atoms with E-state index in [1.54, 1.807) is 26.2 Å². The number of piperidine rings is 1. The van der Waals surface area contributed by atoms with Gasteiger partial charge in [0.25, 0.3) is 0 Å². The van der Waals surface area contributed by atoms with Gasteiger partial charge in [-0.2, -0.15) is 4.31 Å². The van der Waals surface area contributed by atoms with Crippen molar-refractivity contribution in [1.29, 1.82) is 0 Å². The summed E-state index contributed by atoms with van der Waals surface area (Å²) < 4.78 is 33.2. The number of aliphatic hydroxyl groups excluding tert-OH is 1. The molecule has 21 heavy (non-hydrogen) atoms.